The number of nitrogens with one attached hydrogen (secondary N) is 1. The maximum Gasteiger partial charge on any atom is 0.416 e. The zero-order valence-electron chi connectivity index (χ0n) is 16.2. The predicted octanol–water partition coefficient (Wildman–Crippen LogP) is 6.77. The number of anilines is 2. The fourth-order valence-electron chi connectivity index (χ4n) is 2.71. The Kier molecular flexibility index (Phi) is 5.77. The van der Waals surface area contributed by atoms with Gasteiger partial charge in [-0.15, -0.1) is 0 Å². The summed E-state index contributed by atoms with van der Waals surface area (Å²) in [5.41, 5.74) is 0.589. The zero-order chi connectivity index (χ0) is 21.8. The molecule has 0 spiro atoms. The van der Waals surface area contributed by atoms with Crippen LogP contribution >= 0.6 is 11.5 Å². The molecule has 0 bridgehead atoms. The molecule has 0 saturated carbocycles. The van der Waals surface area contributed by atoms with E-state index in [1.165, 1.54) is 12.1 Å². The quantitative estimate of drug-likeness (QED) is 0.356. The average molecular weight is 443 g/mol. The lowest BCUT2D eigenvalue weighted by atomic mass is 10.2. The highest BCUT2D eigenvalue weighted by molar-refractivity contribution is 7.09. The van der Waals surface area contributed by atoms with Crippen LogP contribution in [0.4, 0.5) is 24.0 Å². The summed E-state index contributed by atoms with van der Waals surface area (Å²) in [4.78, 5) is 4.40. The monoisotopic (exact) mass is 443 g/mol. The lowest BCUT2D eigenvalue weighted by Gasteiger charge is -2.07. The number of nitrogens with zero attached hydrogens (tertiary/aromatic N) is 2. The zero-order valence-corrected chi connectivity index (χ0v) is 17.0. The van der Waals surface area contributed by atoms with Gasteiger partial charge in [-0.1, -0.05) is 0 Å². The fraction of sp³-hybridized carbons (Fsp3) is 0.0909. The summed E-state index contributed by atoms with van der Waals surface area (Å²) in [7, 11) is 1.60. The van der Waals surface area contributed by atoms with Crippen molar-refractivity contribution in [3.05, 3.63) is 78.4 Å². The third-order valence-corrected chi connectivity index (χ3v) is 4.93. The van der Waals surface area contributed by atoms with Crippen molar-refractivity contribution >= 4 is 22.4 Å². The van der Waals surface area contributed by atoms with E-state index >= 15 is 0 Å². The summed E-state index contributed by atoms with van der Waals surface area (Å²) in [5.74, 6) is 2.60. The molecule has 4 aromatic rings. The fourth-order valence-corrected chi connectivity index (χ4v) is 3.32. The molecule has 3 aromatic carbocycles. The summed E-state index contributed by atoms with van der Waals surface area (Å²) in [6, 6.07) is 19.3. The Morgan fingerprint density at radius 3 is 1.97 bits per heavy atom. The van der Waals surface area contributed by atoms with Gasteiger partial charge < -0.3 is 14.8 Å². The minimum absolute atomic E-state index is 0.480. The molecule has 0 saturated heterocycles. The first-order chi connectivity index (χ1) is 14.9. The van der Waals surface area contributed by atoms with Crippen molar-refractivity contribution in [2.45, 2.75) is 6.18 Å². The molecule has 0 atom stereocenters. The highest BCUT2D eigenvalue weighted by Gasteiger charge is 2.29. The number of methoxy groups -OCH3 is 1. The molecule has 5 nitrogen and oxygen atoms in total. The van der Waals surface area contributed by atoms with E-state index in [4.69, 9.17) is 9.47 Å². The van der Waals surface area contributed by atoms with Crippen molar-refractivity contribution < 1.29 is 22.6 Å². The van der Waals surface area contributed by atoms with Gasteiger partial charge in [0.05, 0.1) is 12.7 Å². The van der Waals surface area contributed by atoms with Crippen LogP contribution < -0.4 is 14.8 Å². The number of halogens is 3. The van der Waals surface area contributed by atoms with Crippen molar-refractivity contribution in [2.24, 2.45) is 0 Å². The van der Waals surface area contributed by atoms with Gasteiger partial charge in [0.25, 0.3) is 0 Å². The van der Waals surface area contributed by atoms with E-state index < -0.39 is 11.7 Å². The van der Waals surface area contributed by atoms with Gasteiger partial charge in [0.1, 0.15) is 17.2 Å². The van der Waals surface area contributed by atoms with Crippen LogP contribution in [0.3, 0.4) is 0 Å². The average Bonchev–Trinajstić information content (AvgIpc) is 3.23. The third kappa shape index (κ3) is 5.13. The van der Waals surface area contributed by atoms with Crippen molar-refractivity contribution in [1.82, 2.24) is 9.36 Å². The van der Waals surface area contributed by atoms with E-state index in [9.17, 15) is 13.2 Å². The Morgan fingerprint density at radius 2 is 1.39 bits per heavy atom. The van der Waals surface area contributed by atoms with Gasteiger partial charge in [-0.2, -0.15) is 22.5 Å². The molecule has 1 N–H and O–H groups in total. The molecule has 9 heteroatoms. The smallest absolute Gasteiger partial charge is 0.416 e. The molecular weight excluding hydrogens is 427 g/mol. The first kappa shape index (κ1) is 20.7. The Bertz CT molecular complexity index is 1140. The highest BCUT2D eigenvalue weighted by Crippen LogP contribution is 2.31. The van der Waals surface area contributed by atoms with Crippen LogP contribution in [0.15, 0.2) is 72.8 Å². The molecule has 31 heavy (non-hydrogen) atoms. The highest BCUT2D eigenvalue weighted by atomic mass is 32.1. The Hall–Kier alpha value is -3.59. The summed E-state index contributed by atoms with van der Waals surface area (Å²) >= 11 is 1.12. The van der Waals surface area contributed by atoms with Gasteiger partial charge >= 0.3 is 6.18 Å². The molecular formula is C22H16F3N3O2S. The van der Waals surface area contributed by atoms with Crippen LogP contribution in [0.5, 0.6) is 17.2 Å². The van der Waals surface area contributed by atoms with Gasteiger partial charge in [0.2, 0.25) is 5.13 Å². The van der Waals surface area contributed by atoms with E-state index in [0.717, 1.165) is 35.0 Å². The molecule has 1 heterocycles. The van der Waals surface area contributed by atoms with Crippen LogP contribution in [-0.2, 0) is 6.18 Å². The maximum absolute atomic E-state index is 12.7. The summed E-state index contributed by atoms with van der Waals surface area (Å²) in [6.07, 6.45) is -4.36. The van der Waals surface area contributed by atoms with Crippen LogP contribution in [0.2, 0.25) is 0 Å². The maximum atomic E-state index is 12.7. The minimum Gasteiger partial charge on any atom is -0.497 e. The number of ether oxygens (including phenoxy) is 2. The lowest BCUT2D eigenvalue weighted by Crippen LogP contribution is -2.04. The largest absolute Gasteiger partial charge is 0.497 e. The first-order valence-electron chi connectivity index (χ1n) is 9.11. The van der Waals surface area contributed by atoms with Crippen LogP contribution in [0, 0.1) is 0 Å². The minimum atomic E-state index is -4.36. The Balaban J connectivity index is 1.41. The molecule has 0 fully saturated rings. The molecule has 0 aliphatic heterocycles. The van der Waals surface area contributed by atoms with Crippen LogP contribution in [-0.4, -0.2) is 16.5 Å². The molecule has 4 rings (SSSR count). The molecule has 0 aliphatic rings. The molecule has 158 valence electrons. The number of benzene rings is 3. The number of rotatable bonds is 6. The van der Waals surface area contributed by atoms with Crippen molar-refractivity contribution in [3.63, 3.8) is 0 Å². The number of aromatic nitrogens is 2. The Morgan fingerprint density at radius 1 is 0.806 bits per heavy atom. The topological polar surface area (TPSA) is 56.3 Å². The molecule has 0 unspecified atom stereocenters. The van der Waals surface area contributed by atoms with Gasteiger partial charge in [-0.05, 0) is 72.8 Å². The summed E-state index contributed by atoms with van der Waals surface area (Å²) < 4.78 is 53.2. The normalized spacial score (nSPS) is 11.2. The van der Waals surface area contributed by atoms with Gasteiger partial charge in [-0.3, -0.25) is 0 Å². The number of hydrogen-bond donors (Lipinski definition) is 1. The molecule has 0 radical (unpaired) electrons. The van der Waals surface area contributed by atoms with Crippen LogP contribution in [0.1, 0.15) is 5.56 Å². The molecule has 0 amide bonds. The SMILES string of the molecule is COc1ccc(Oc2ccc(-c3nsc(Nc4ccc(C(F)(F)F)cc4)n3)cc2)cc1. The summed E-state index contributed by atoms with van der Waals surface area (Å²) in [6.45, 7) is 0. The summed E-state index contributed by atoms with van der Waals surface area (Å²) in [5, 5.41) is 3.45. The van der Waals surface area contributed by atoms with E-state index in [2.05, 4.69) is 14.7 Å². The first-order valence-corrected chi connectivity index (χ1v) is 9.88. The molecule has 0 aliphatic carbocycles. The van der Waals surface area contributed by atoms with Crippen LogP contribution in [0.25, 0.3) is 11.4 Å². The van der Waals surface area contributed by atoms with Gasteiger partial charge in [0.15, 0.2) is 5.82 Å². The predicted molar refractivity (Wildman–Crippen MR) is 113 cm³/mol. The van der Waals surface area contributed by atoms with E-state index in [0.29, 0.717) is 28.1 Å². The molecule has 1 aromatic heterocycles. The van der Waals surface area contributed by atoms with E-state index in [1.807, 2.05) is 48.5 Å². The van der Waals surface area contributed by atoms with E-state index in [1.54, 1.807) is 7.11 Å². The lowest BCUT2D eigenvalue weighted by molar-refractivity contribution is -0.137. The second kappa shape index (κ2) is 8.65. The van der Waals surface area contributed by atoms with Gasteiger partial charge in [-0.25, -0.2) is 0 Å². The van der Waals surface area contributed by atoms with Crippen molar-refractivity contribution in [1.29, 1.82) is 0 Å². The second-order valence-electron chi connectivity index (χ2n) is 6.43. The third-order valence-electron chi connectivity index (χ3n) is 4.30. The van der Waals surface area contributed by atoms with E-state index in [-0.39, 0.29) is 0 Å². The Labute approximate surface area is 180 Å². The second-order valence-corrected chi connectivity index (χ2v) is 7.18. The number of hydrogen-bond acceptors (Lipinski definition) is 6. The van der Waals surface area contributed by atoms with Crippen molar-refractivity contribution in [2.75, 3.05) is 12.4 Å². The van der Waals surface area contributed by atoms with Crippen molar-refractivity contribution in [3.8, 4) is 28.6 Å². The number of alkyl halides is 3. The van der Waals surface area contributed by atoms with Gasteiger partial charge in [0, 0.05) is 22.8 Å². The standard InChI is InChI=1S/C22H16F3N3O2S/c1-29-17-10-12-19(13-11-17)30-18-8-2-14(3-9-18)20-27-21(31-28-20)26-16-6-4-15(5-7-16)22(23,24)25/h2-13H,1H3,(H,26,27,28).